The van der Waals surface area contributed by atoms with Crippen molar-refractivity contribution in [3.63, 3.8) is 0 Å². The Hall–Kier alpha value is -2.70. The molecule has 0 saturated carbocycles. The second-order valence-electron chi connectivity index (χ2n) is 7.36. The summed E-state index contributed by atoms with van der Waals surface area (Å²) < 4.78 is 25.3. The highest BCUT2D eigenvalue weighted by atomic mass is 35.5. The minimum Gasteiger partial charge on any atom is -0.450 e. The number of hydrogen-bond donors (Lipinski definition) is 0. The maximum atomic E-state index is 13.8. The van der Waals surface area contributed by atoms with Crippen molar-refractivity contribution >= 4 is 28.5 Å². The number of carbonyl (C=O) groups is 1. The molecule has 1 amide bonds. The van der Waals surface area contributed by atoms with Crippen molar-refractivity contribution in [2.45, 2.75) is 25.0 Å². The summed E-state index contributed by atoms with van der Waals surface area (Å²) in [5, 5.41) is 0.610. The third kappa shape index (κ3) is 3.03. The first-order chi connectivity index (χ1) is 14.0. The molecule has 2 aromatic carbocycles. The van der Waals surface area contributed by atoms with Gasteiger partial charge in [-0.15, -0.1) is 0 Å². The van der Waals surface area contributed by atoms with E-state index in [2.05, 4.69) is 0 Å². The first-order valence-electron chi connectivity index (χ1n) is 9.47. The highest BCUT2D eigenvalue weighted by Crippen LogP contribution is 2.39. The average Bonchev–Trinajstić information content (AvgIpc) is 3.31. The van der Waals surface area contributed by atoms with Gasteiger partial charge in [0.1, 0.15) is 11.4 Å². The molecule has 0 N–H and O–H groups in total. The van der Waals surface area contributed by atoms with E-state index >= 15 is 0 Å². The van der Waals surface area contributed by atoms with E-state index in [4.69, 9.17) is 20.8 Å². The summed E-state index contributed by atoms with van der Waals surface area (Å²) in [5.74, 6) is -0.912. The molecule has 5 rings (SSSR count). The molecule has 5 nitrogen and oxygen atoms in total. The molecule has 1 saturated heterocycles. The van der Waals surface area contributed by atoms with Gasteiger partial charge in [-0.2, -0.15) is 0 Å². The van der Waals surface area contributed by atoms with E-state index < -0.39 is 17.3 Å². The Morgan fingerprint density at radius 3 is 2.79 bits per heavy atom. The molecule has 0 spiro atoms. The highest BCUT2D eigenvalue weighted by Gasteiger charge is 2.44. The molecule has 0 aliphatic carbocycles. The Balaban J connectivity index is 1.72. The monoisotopic (exact) mass is 413 g/mol. The Morgan fingerprint density at radius 2 is 2.03 bits per heavy atom. The van der Waals surface area contributed by atoms with Crippen molar-refractivity contribution in [1.82, 2.24) is 4.90 Å². The van der Waals surface area contributed by atoms with Crippen LogP contribution in [0.5, 0.6) is 0 Å². The molecule has 3 heterocycles. The number of rotatable bonds is 3. The lowest BCUT2D eigenvalue weighted by atomic mass is 9.98. The van der Waals surface area contributed by atoms with Crippen molar-refractivity contribution in [3.8, 4) is 0 Å². The third-order valence-corrected chi connectivity index (χ3v) is 5.75. The Labute approximate surface area is 170 Å². The predicted octanol–water partition coefficient (Wildman–Crippen LogP) is 4.31. The first-order valence-corrected chi connectivity index (χ1v) is 9.85. The van der Waals surface area contributed by atoms with Crippen LogP contribution < -0.4 is 5.43 Å². The van der Waals surface area contributed by atoms with Crippen molar-refractivity contribution in [3.05, 3.63) is 80.4 Å². The quantitative estimate of drug-likeness (QED) is 0.642. The molecule has 1 aromatic heterocycles. The topological polar surface area (TPSA) is 59.8 Å². The summed E-state index contributed by atoms with van der Waals surface area (Å²) in [6, 6.07) is 10.1. The van der Waals surface area contributed by atoms with Crippen LogP contribution in [0.25, 0.3) is 11.0 Å². The molecular formula is C22H17ClFNO4. The molecule has 148 valence electrons. The summed E-state index contributed by atoms with van der Waals surface area (Å²) in [5.41, 5.74) is 0.695. The fourth-order valence-corrected chi connectivity index (χ4v) is 4.41. The lowest BCUT2D eigenvalue weighted by molar-refractivity contribution is 0.0486. The summed E-state index contributed by atoms with van der Waals surface area (Å²) in [7, 11) is 0. The highest BCUT2D eigenvalue weighted by molar-refractivity contribution is 6.30. The minimum absolute atomic E-state index is 0.00270. The van der Waals surface area contributed by atoms with Crippen LogP contribution in [-0.4, -0.2) is 30.1 Å². The van der Waals surface area contributed by atoms with Gasteiger partial charge >= 0.3 is 0 Å². The summed E-state index contributed by atoms with van der Waals surface area (Å²) >= 11 is 6.18. The van der Waals surface area contributed by atoms with Crippen LogP contribution in [-0.2, 0) is 4.74 Å². The Bertz CT molecular complexity index is 1190. The zero-order valence-electron chi connectivity index (χ0n) is 15.4. The SMILES string of the molecule is O=C1c2oc3ccc(F)cc3c(=O)c2[C@@H](c2cccc(Cl)c2)N1C[C@H]1CCCO1. The van der Waals surface area contributed by atoms with E-state index in [1.165, 1.54) is 12.1 Å². The number of carbonyl (C=O) groups excluding carboxylic acids is 1. The molecule has 0 radical (unpaired) electrons. The van der Waals surface area contributed by atoms with Crippen LogP contribution in [0.2, 0.25) is 5.02 Å². The lowest BCUT2D eigenvalue weighted by Gasteiger charge is -2.27. The van der Waals surface area contributed by atoms with Gasteiger partial charge in [-0.3, -0.25) is 9.59 Å². The number of fused-ring (bicyclic) bond motifs is 2. The molecule has 2 atom stereocenters. The van der Waals surface area contributed by atoms with Gasteiger partial charge in [-0.05, 0) is 48.7 Å². The number of hydrogen-bond acceptors (Lipinski definition) is 4. The molecule has 7 heteroatoms. The van der Waals surface area contributed by atoms with Gasteiger partial charge in [-0.25, -0.2) is 4.39 Å². The van der Waals surface area contributed by atoms with Crippen LogP contribution in [0.3, 0.4) is 0 Å². The smallest absolute Gasteiger partial charge is 0.291 e. The van der Waals surface area contributed by atoms with Crippen LogP contribution >= 0.6 is 11.6 Å². The maximum absolute atomic E-state index is 13.8. The molecule has 1 fully saturated rings. The van der Waals surface area contributed by atoms with E-state index in [0.717, 1.165) is 18.9 Å². The Kier molecular flexibility index (Phi) is 4.41. The zero-order chi connectivity index (χ0) is 20.1. The van der Waals surface area contributed by atoms with Crippen molar-refractivity contribution in [2.24, 2.45) is 0 Å². The van der Waals surface area contributed by atoms with Gasteiger partial charge in [0.05, 0.1) is 23.1 Å². The van der Waals surface area contributed by atoms with E-state index in [9.17, 15) is 14.0 Å². The van der Waals surface area contributed by atoms with E-state index in [1.807, 2.05) is 6.07 Å². The van der Waals surface area contributed by atoms with Crippen LogP contribution in [0.1, 0.15) is 40.6 Å². The van der Waals surface area contributed by atoms with E-state index in [1.54, 1.807) is 23.1 Å². The van der Waals surface area contributed by atoms with Crippen LogP contribution in [0.15, 0.2) is 51.7 Å². The summed E-state index contributed by atoms with van der Waals surface area (Å²) in [6.07, 6.45) is 1.68. The number of halogens is 2. The van der Waals surface area contributed by atoms with Gasteiger partial charge in [0.25, 0.3) is 5.91 Å². The molecule has 29 heavy (non-hydrogen) atoms. The molecule has 2 aliphatic heterocycles. The van der Waals surface area contributed by atoms with Gasteiger partial charge in [-0.1, -0.05) is 23.7 Å². The summed E-state index contributed by atoms with van der Waals surface area (Å²) in [4.78, 5) is 28.2. The molecule has 2 aliphatic rings. The molecule has 3 aromatic rings. The molecule has 0 bridgehead atoms. The standard InChI is InChI=1S/C22H17ClFNO4/c23-13-4-1-3-12(9-13)19-18-20(26)16-10-14(24)6-7-17(16)29-21(18)22(27)25(19)11-15-5-2-8-28-15/h1,3-4,6-7,9-10,15,19H,2,5,8,11H2/t15-,19-/m1/s1. The van der Waals surface area contributed by atoms with Crippen molar-refractivity contribution in [1.29, 1.82) is 0 Å². The molecule has 0 unspecified atom stereocenters. The van der Waals surface area contributed by atoms with Crippen molar-refractivity contribution in [2.75, 3.05) is 13.2 Å². The van der Waals surface area contributed by atoms with Crippen molar-refractivity contribution < 1.29 is 18.3 Å². The fourth-order valence-electron chi connectivity index (χ4n) is 4.21. The number of amides is 1. The van der Waals surface area contributed by atoms with Crippen LogP contribution in [0.4, 0.5) is 4.39 Å². The summed E-state index contributed by atoms with van der Waals surface area (Å²) in [6.45, 7) is 0.992. The largest absolute Gasteiger partial charge is 0.450 e. The number of benzene rings is 2. The van der Waals surface area contributed by atoms with Gasteiger partial charge < -0.3 is 14.1 Å². The predicted molar refractivity (Wildman–Crippen MR) is 106 cm³/mol. The van der Waals surface area contributed by atoms with Crippen LogP contribution in [0, 0.1) is 5.82 Å². The fraction of sp³-hybridized carbons (Fsp3) is 0.273. The minimum atomic E-state index is -0.663. The number of ether oxygens (including phenoxy) is 1. The van der Waals surface area contributed by atoms with E-state index in [-0.39, 0.29) is 34.3 Å². The normalized spacial score (nSPS) is 21.2. The average molecular weight is 414 g/mol. The molecular weight excluding hydrogens is 397 g/mol. The van der Waals surface area contributed by atoms with Gasteiger partial charge in [0.2, 0.25) is 5.76 Å². The first kappa shape index (κ1) is 18.3. The lowest BCUT2D eigenvalue weighted by Crippen LogP contribution is -2.36. The van der Waals surface area contributed by atoms with E-state index in [0.29, 0.717) is 23.7 Å². The Morgan fingerprint density at radius 1 is 1.17 bits per heavy atom. The number of nitrogens with zero attached hydrogens (tertiary/aromatic N) is 1. The second-order valence-corrected chi connectivity index (χ2v) is 7.80. The zero-order valence-corrected chi connectivity index (χ0v) is 16.1. The second kappa shape index (κ2) is 6.97. The van der Waals surface area contributed by atoms with Gasteiger partial charge in [0.15, 0.2) is 5.43 Å². The third-order valence-electron chi connectivity index (χ3n) is 5.52. The maximum Gasteiger partial charge on any atom is 0.291 e. The van der Waals surface area contributed by atoms with Gasteiger partial charge in [0, 0.05) is 18.2 Å².